The van der Waals surface area contributed by atoms with Gasteiger partial charge in [-0.1, -0.05) is 17.7 Å². The van der Waals surface area contributed by atoms with Crippen LogP contribution in [-0.2, 0) is 11.0 Å². The van der Waals surface area contributed by atoms with Crippen molar-refractivity contribution in [1.29, 1.82) is 0 Å². The third kappa shape index (κ3) is 3.46. The quantitative estimate of drug-likeness (QED) is 0.711. The van der Waals surface area contributed by atoms with Gasteiger partial charge in [0.1, 0.15) is 6.10 Å². The molecular formula is C17H16Cl2F3N3O3. The third-order valence-electron chi connectivity index (χ3n) is 4.87. The maximum Gasteiger partial charge on any atom is 0.435 e. The van der Waals surface area contributed by atoms with E-state index in [0.29, 0.717) is 0 Å². The summed E-state index contributed by atoms with van der Waals surface area (Å²) in [6, 6.07) is 0.871. The van der Waals surface area contributed by atoms with E-state index < -0.39 is 41.2 Å². The minimum absolute atomic E-state index is 0.0446. The number of carboxylic acids is 1. The van der Waals surface area contributed by atoms with Gasteiger partial charge in [0.15, 0.2) is 11.3 Å². The minimum Gasteiger partial charge on any atom is -0.481 e. The molecule has 0 aromatic carbocycles. The van der Waals surface area contributed by atoms with Crippen LogP contribution < -0.4 is 0 Å². The molecule has 3 unspecified atom stereocenters. The van der Waals surface area contributed by atoms with Gasteiger partial charge in [0.2, 0.25) is 0 Å². The van der Waals surface area contributed by atoms with Crippen molar-refractivity contribution in [2.45, 2.75) is 37.9 Å². The van der Waals surface area contributed by atoms with Crippen molar-refractivity contribution in [2.75, 3.05) is 0 Å². The lowest BCUT2D eigenvalue weighted by molar-refractivity contribution is -0.143. The molecule has 0 radical (unpaired) electrons. The first-order valence-corrected chi connectivity index (χ1v) is 9.09. The molecule has 1 aliphatic rings. The van der Waals surface area contributed by atoms with E-state index in [-0.39, 0.29) is 34.1 Å². The number of aliphatic hydroxyl groups excluding tert-OH is 1. The van der Waals surface area contributed by atoms with Gasteiger partial charge in [-0.15, -0.1) is 11.6 Å². The van der Waals surface area contributed by atoms with Crippen LogP contribution in [0.2, 0.25) is 0 Å². The van der Waals surface area contributed by atoms with Crippen LogP contribution in [0.25, 0.3) is 5.65 Å². The molecular weight excluding hydrogens is 422 g/mol. The Morgan fingerprint density at radius 2 is 2.04 bits per heavy atom. The molecule has 2 N–H and O–H groups in total. The summed E-state index contributed by atoms with van der Waals surface area (Å²) in [6.07, 6.45) is -4.46. The fourth-order valence-corrected chi connectivity index (χ4v) is 4.25. The van der Waals surface area contributed by atoms with Crippen LogP contribution in [0.5, 0.6) is 0 Å². The Balaban J connectivity index is 2.09. The van der Waals surface area contributed by atoms with E-state index in [4.69, 9.17) is 23.2 Å². The van der Waals surface area contributed by atoms with Crippen LogP contribution in [-0.4, -0.2) is 36.2 Å². The Morgan fingerprint density at radius 3 is 2.61 bits per heavy atom. The topological polar surface area (TPSA) is 87.7 Å². The number of aryl methyl sites for hydroxylation is 2. The summed E-state index contributed by atoms with van der Waals surface area (Å²) in [6.45, 7) is 2.91. The summed E-state index contributed by atoms with van der Waals surface area (Å²) < 4.78 is 40.2. The second kappa shape index (κ2) is 7.20. The van der Waals surface area contributed by atoms with Crippen molar-refractivity contribution in [3.8, 4) is 0 Å². The number of imidazole rings is 1. The average Bonchev–Trinajstić information content (AvgIpc) is 2.91. The largest absolute Gasteiger partial charge is 0.481 e. The van der Waals surface area contributed by atoms with E-state index in [0.717, 1.165) is 10.6 Å². The van der Waals surface area contributed by atoms with E-state index in [9.17, 15) is 28.2 Å². The number of rotatable bonds is 3. The number of fused-ring (bicyclic) bond motifs is 1. The Labute approximate surface area is 167 Å². The number of hydrogen-bond acceptors (Lipinski definition) is 4. The van der Waals surface area contributed by atoms with E-state index in [1.807, 2.05) is 0 Å². The van der Waals surface area contributed by atoms with Crippen molar-refractivity contribution in [2.24, 2.45) is 11.8 Å². The lowest BCUT2D eigenvalue weighted by Gasteiger charge is -2.33. The summed E-state index contributed by atoms with van der Waals surface area (Å²) in [5.74, 6) is -3.06. The van der Waals surface area contributed by atoms with Gasteiger partial charge in [-0.2, -0.15) is 18.3 Å². The molecule has 11 heteroatoms. The lowest BCUT2D eigenvalue weighted by atomic mass is 9.81. The summed E-state index contributed by atoms with van der Waals surface area (Å²) in [5.41, 5.74) is -0.488. The Bertz CT molecular complexity index is 974. The number of halogens is 5. The number of alkyl halides is 4. The Kier molecular flexibility index (Phi) is 5.37. The molecule has 3 rings (SSSR count). The summed E-state index contributed by atoms with van der Waals surface area (Å²) in [7, 11) is 0. The predicted octanol–water partition coefficient (Wildman–Crippen LogP) is 3.85. The zero-order valence-electron chi connectivity index (χ0n) is 14.7. The van der Waals surface area contributed by atoms with Crippen molar-refractivity contribution in [3.63, 3.8) is 0 Å². The van der Waals surface area contributed by atoms with Crippen molar-refractivity contribution in [1.82, 2.24) is 14.6 Å². The van der Waals surface area contributed by atoms with Gasteiger partial charge in [0.25, 0.3) is 0 Å². The van der Waals surface area contributed by atoms with E-state index >= 15 is 0 Å². The number of aliphatic hydroxyl groups is 1. The second-order valence-corrected chi connectivity index (χ2v) is 7.65. The first-order chi connectivity index (χ1) is 12.9. The Morgan fingerprint density at radius 1 is 1.39 bits per heavy atom. The van der Waals surface area contributed by atoms with E-state index in [2.05, 4.69) is 10.1 Å². The van der Waals surface area contributed by atoms with E-state index in [1.165, 1.54) is 19.9 Å². The molecule has 0 saturated carbocycles. The normalized spacial score (nSPS) is 24.3. The lowest BCUT2D eigenvalue weighted by Crippen LogP contribution is -2.36. The number of carboxylic acid groups (broad SMARTS) is 1. The second-order valence-electron chi connectivity index (χ2n) is 6.71. The highest BCUT2D eigenvalue weighted by molar-refractivity contribution is 6.31. The molecule has 0 spiro atoms. The highest BCUT2D eigenvalue weighted by Crippen LogP contribution is 2.43. The number of aliphatic carboxylic acids is 1. The van der Waals surface area contributed by atoms with Gasteiger partial charge in [0.05, 0.1) is 22.7 Å². The maximum absolute atomic E-state index is 13.1. The van der Waals surface area contributed by atoms with Crippen LogP contribution in [0.1, 0.15) is 35.2 Å². The number of aromatic nitrogens is 3. The molecule has 0 fully saturated rings. The van der Waals surface area contributed by atoms with Crippen molar-refractivity contribution < 1.29 is 28.2 Å². The third-order valence-corrected chi connectivity index (χ3v) is 5.85. The standard InChI is InChI=1S/C17H16Cl2F3N3O3/c1-6-5-10(17(20,21)22)24-25-7(2)13(23-15(6)25)14(26)11-9(18)4-3-8(12(11)19)16(27)28/h4-5,8,11-12,14,26H,3H2,1-2H3,(H,27,28)/t8?,11-,12?,14?/m1/s1. The zero-order chi connectivity index (χ0) is 21.0. The summed E-state index contributed by atoms with van der Waals surface area (Å²) in [4.78, 5) is 15.6. The van der Waals surface area contributed by atoms with Gasteiger partial charge in [-0.25, -0.2) is 9.50 Å². The van der Waals surface area contributed by atoms with Crippen LogP contribution in [0.15, 0.2) is 17.2 Å². The zero-order valence-corrected chi connectivity index (χ0v) is 16.2. The molecule has 6 nitrogen and oxygen atoms in total. The molecule has 28 heavy (non-hydrogen) atoms. The highest BCUT2D eigenvalue weighted by Gasteiger charge is 2.43. The molecule has 2 heterocycles. The van der Waals surface area contributed by atoms with Gasteiger partial charge in [0, 0.05) is 11.0 Å². The number of allylic oxidation sites excluding steroid dienone is 1. The molecule has 0 aliphatic heterocycles. The van der Waals surface area contributed by atoms with Gasteiger partial charge < -0.3 is 10.2 Å². The first kappa shape index (κ1) is 20.9. The summed E-state index contributed by atoms with van der Waals surface area (Å²) in [5, 5.41) is 22.9. The molecule has 0 saturated heterocycles. The van der Waals surface area contributed by atoms with Crippen LogP contribution in [0, 0.1) is 25.7 Å². The van der Waals surface area contributed by atoms with Crippen LogP contribution in [0.4, 0.5) is 13.2 Å². The van der Waals surface area contributed by atoms with Crippen molar-refractivity contribution >= 4 is 34.8 Å². The van der Waals surface area contributed by atoms with Crippen molar-refractivity contribution in [3.05, 3.63) is 39.8 Å². The number of nitrogens with zero attached hydrogens (tertiary/aromatic N) is 3. The van der Waals surface area contributed by atoms with E-state index in [1.54, 1.807) is 0 Å². The summed E-state index contributed by atoms with van der Waals surface area (Å²) >= 11 is 12.5. The maximum atomic E-state index is 13.1. The smallest absolute Gasteiger partial charge is 0.435 e. The molecule has 0 bridgehead atoms. The number of hydrogen-bond donors (Lipinski definition) is 2. The van der Waals surface area contributed by atoms with Crippen LogP contribution in [0.3, 0.4) is 0 Å². The SMILES string of the molecule is Cc1cc(C(F)(F)F)nn2c(C)c(C(O)[C@@H]3C(Cl)=CCC(C(=O)O)C3Cl)nc12. The monoisotopic (exact) mass is 437 g/mol. The average molecular weight is 438 g/mol. The molecule has 2 aromatic heterocycles. The molecule has 4 atom stereocenters. The predicted molar refractivity (Wildman–Crippen MR) is 95.2 cm³/mol. The van der Waals surface area contributed by atoms with Crippen LogP contribution >= 0.6 is 23.2 Å². The molecule has 152 valence electrons. The van der Waals surface area contributed by atoms with Gasteiger partial charge >= 0.3 is 12.1 Å². The highest BCUT2D eigenvalue weighted by atomic mass is 35.5. The number of carbonyl (C=O) groups is 1. The molecule has 0 amide bonds. The minimum atomic E-state index is -4.64. The Hall–Kier alpha value is -1.84. The molecule has 1 aliphatic carbocycles. The fourth-order valence-electron chi connectivity index (χ4n) is 3.35. The van der Waals surface area contributed by atoms with Gasteiger partial charge in [-0.05, 0) is 31.9 Å². The van der Waals surface area contributed by atoms with Gasteiger partial charge in [-0.3, -0.25) is 4.79 Å². The first-order valence-electron chi connectivity index (χ1n) is 8.28. The molecule has 2 aromatic rings. The fraction of sp³-hybridized carbons (Fsp3) is 0.471.